The summed E-state index contributed by atoms with van der Waals surface area (Å²) in [5.41, 5.74) is 4.68. The summed E-state index contributed by atoms with van der Waals surface area (Å²) in [5.74, 6) is 0. The number of nitrogens with zero attached hydrogens (tertiary/aromatic N) is 3. The third kappa shape index (κ3) is 2.11. The van der Waals surface area contributed by atoms with Crippen LogP contribution in [0.2, 0.25) is 0 Å². The molecule has 0 saturated heterocycles. The molecule has 2 N–H and O–H groups in total. The zero-order valence-electron chi connectivity index (χ0n) is 7.69. The first-order valence-electron chi connectivity index (χ1n) is 4.09. The van der Waals surface area contributed by atoms with Crippen molar-refractivity contribution < 1.29 is 13.2 Å². The van der Waals surface area contributed by atoms with Crippen LogP contribution >= 0.6 is 11.3 Å². The number of nitrogen functional groups attached to an aromatic ring is 1. The van der Waals surface area contributed by atoms with Gasteiger partial charge in [-0.05, 0) is 12.1 Å². The van der Waals surface area contributed by atoms with Gasteiger partial charge in [-0.3, -0.25) is 4.98 Å². The molecule has 16 heavy (non-hydrogen) atoms. The second kappa shape index (κ2) is 3.71. The molecule has 0 aliphatic heterocycles. The quantitative estimate of drug-likeness (QED) is 0.837. The third-order valence-corrected chi connectivity index (χ3v) is 2.52. The fraction of sp³-hybridized carbons (Fsp3) is 0.125. The van der Waals surface area contributed by atoms with Gasteiger partial charge in [-0.15, -0.1) is 10.2 Å². The maximum absolute atomic E-state index is 12.4. The second-order valence-corrected chi connectivity index (χ2v) is 3.88. The smallest absolute Gasteiger partial charge is 0.374 e. The molecule has 0 amide bonds. The van der Waals surface area contributed by atoms with Gasteiger partial charge in [0.15, 0.2) is 5.01 Å². The summed E-state index contributed by atoms with van der Waals surface area (Å²) in [7, 11) is 0. The Morgan fingerprint density at radius 3 is 2.56 bits per heavy atom. The van der Waals surface area contributed by atoms with Crippen molar-refractivity contribution in [1.29, 1.82) is 0 Å². The van der Waals surface area contributed by atoms with E-state index in [-0.39, 0.29) is 15.8 Å². The van der Waals surface area contributed by atoms with Crippen molar-refractivity contribution in [3.8, 4) is 10.7 Å². The number of hydrogen-bond donors (Lipinski definition) is 1. The molecule has 2 rings (SSSR count). The lowest BCUT2D eigenvalue weighted by molar-refractivity contribution is -0.137. The first-order valence-corrected chi connectivity index (χ1v) is 4.91. The van der Waals surface area contributed by atoms with Gasteiger partial charge in [-0.1, -0.05) is 11.3 Å². The van der Waals surface area contributed by atoms with Gasteiger partial charge in [0.2, 0.25) is 5.13 Å². The van der Waals surface area contributed by atoms with Crippen LogP contribution in [-0.4, -0.2) is 15.2 Å². The zero-order valence-corrected chi connectivity index (χ0v) is 8.51. The van der Waals surface area contributed by atoms with Crippen LogP contribution in [0.4, 0.5) is 18.3 Å². The van der Waals surface area contributed by atoms with Gasteiger partial charge in [-0.2, -0.15) is 13.2 Å². The van der Waals surface area contributed by atoms with Crippen LogP contribution in [0.3, 0.4) is 0 Å². The Bertz CT molecular complexity index is 508. The van der Waals surface area contributed by atoms with E-state index in [0.29, 0.717) is 0 Å². The van der Waals surface area contributed by atoms with Crippen molar-refractivity contribution in [1.82, 2.24) is 15.2 Å². The normalized spacial score (nSPS) is 11.7. The third-order valence-electron chi connectivity index (χ3n) is 1.75. The molecule has 0 aliphatic carbocycles. The van der Waals surface area contributed by atoms with Gasteiger partial charge in [0, 0.05) is 6.20 Å². The van der Waals surface area contributed by atoms with Crippen LogP contribution in [0, 0.1) is 0 Å². The Kier molecular flexibility index (Phi) is 2.50. The van der Waals surface area contributed by atoms with E-state index in [1.807, 2.05) is 0 Å². The first kappa shape index (κ1) is 10.8. The SMILES string of the molecule is Nc1nnc(-c2cc(C(F)(F)F)ccn2)s1. The highest BCUT2D eigenvalue weighted by molar-refractivity contribution is 7.18. The number of aromatic nitrogens is 3. The van der Waals surface area contributed by atoms with Crippen molar-refractivity contribution in [3.05, 3.63) is 23.9 Å². The number of alkyl halides is 3. The van der Waals surface area contributed by atoms with Crippen LogP contribution < -0.4 is 5.73 Å². The molecule has 0 radical (unpaired) electrons. The molecule has 84 valence electrons. The molecule has 0 fully saturated rings. The minimum Gasteiger partial charge on any atom is -0.374 e. The predicted octanol–water partition coefficient (Wildman–Crippen LogP) is 2.20. The summed E-state index contributed by atoms with van der Waals surface area (Å²) in [6, 6.07) is 1.81. The van der Waals surface area contributed by atoms with Crippen molar-refractivity contribution >= 4 is 16.5 Å². The lowest BCUT2D eigenvalue weighted by Crippen LogP contribution is -2.05. The highest BCUT2D eigenvalue weighted by Gasteiger charge is 2.31. The Morgan fingerprint density at radius 1 is 1.25 bits per heavy atom. The summed E-state index contributed by atoms with van der Waals surface area (Å²) in [6.45, 7) is 0. The standard InChI is InChI=1S/C8H5F3N4S/c9-8(10,11)4-1-2-13-5(3-4)6-14-15-7(12)16-6/h1-3H,(H2,12,15). The average molecular weight is 246 g/mol. The van der Waals surface area contributed by atoms with E-state index in [1.54, 1.807) is 0 Å². The maximum Gasteiger partial charge on any atom is 0.416 e. The minimum absolute atomic E-state index is 0.115. The molecule has 2 aromatic rings. The number of hydrogen-bond acceptors (Lipinski definition) is 5. The summed E-state index contributed by atoms with van der Waals surface area (Å²) in [6.07, 6.45) is -3.32. The molecule has 0 aliphatic rings. The van der Waals surface area contributed by atoms with Gasteiger partial charge in [0.1, 0.15) is 5.69 Å². The molecular weight excluding hydrogens is 241 g/mol. The number of nitrogens with two attached hydrogens (primary N) is 1. The van der Waals surface area contributed by atoms with E-state index in [9.17, 15) is 13.2 Å². The van der Waals surface area contributed by atoms with E-state index in [0.717, 1.165) is 29.7 Å². The predicted molar refractivity (Wildman–Crippen MR) is 52.6 cm³/mol. The second-order valence-electron chi connectivity index (χ2n) is 2.87. The monoisotopic (exact) mass is 246 g/mol. The molecular formula is C8H5F3N4S. The molecule has 2 heterocycles. The van der Waals surface area contributed by atoms with Crippen LogP contribution in [0.15, 0.2) is 18.3 Å². The van der Waals surface area contributed by atoms with Crippen molar-refractivity contribution in [2.45, 2.75) is 6.18 Å². The number of anilines is 1. The van der Waals surface area contributed by atoms with E-state index in [4.69, 9.17) is 5.73 Å². The number of halogens is 3. The van der Waals surface area contributed by atoms with Crippen LogP contribution in [0.25, 0.3) is 10.7 Å². The summed E-state index contributed by atoms with van der Waals surface area (Å²) in [4.78, 5) is 3.79. The Morgan fingerprint density at radius 2 is 2.00 bits per heavy atom. The van der Waals surface area contributed by atoms with Crippen molar-refractivity contribution in [2.24, 2.45) is 0 Å². The zero-order chi connectivity index (χ0) is 11.8. The highest BCUT2D eigenvalue weighted by Crippen LogP contribution is 2.31. The highest BCUT2D eigenvalue weighted by atomic mass is 32.1. The van der Waals surface area contributed by atoms with Gasteiger partial charge in [0.25, 0.3) is 0 Å². The Labute approximate surface area is 92.0 Å². The molecule has 0 saturated carbocycles. The van der Waals surface area contributed by atoms with E-state index in [2.05, 4.69) is 15.2 Å². The summed E-state index contributed by atoms with van der Waals surface area (Å²) in [5, 5.41) is 7.59. The molecule has 2 aromatic heterocycles. The molecule has 8 heteroatoms. The lowest BCUT2D eigenvalue weighted by atomic mass is 10.2. The summed E-state index contributed by atoms with van der Waals surface area (Å²) >= 11 is 0.986. The maximum atomic E-state index is 12.4. The molecule has 0 bridgehead atoms. The molecule has 0 spiro atoms. The largest absolute Gasteiger partial charge is 0.416 e. The van der Waals surface area contributed by atoms with Crippen molar-refractivity contribution in [2.75, 3.05) is 5.73 Å². The Hall–Kier alpha value is -1.70. The lowest BCUT2D eigenvalue weighted by Gasteiger charge is -2.06. The van der Waals surface area contributed by atoms with E-state index in [1.165, 1.54) is 0 Å². The van der Waals surface area contributed by atoms with Gasteiger partial charge in [-0.25, -0.2) is 0 Å². The fourth-order valence-electron chi connectivity index (χ4n) is 1.06. The van der Waals surface area contributed by atoms with Crippen molar-refractivity contribution in [3.63, 3.8) is 0 Å². The van der Waals surface area contributed by atoms with Gasteiger partial charge < -0.3 is 5.73 Å². The molecule has 0 atom stereocenters. The summed E-state index contributed by atoms with van der Waals surface area (Å²) < 4.78 is 37.2. The fourth-order valence-corrected chi connectivity index (χ4v) is 1.64. The van der Waals surface area contributed by atoms with E-state index < -0.39 is 11.7 Å². The number of pyridine rings is 1. The van der Waals surface area contributed by atoms with Crippen LogP contribution in [0.1, 0.15) is 5.56 Å². The van der Waals surface area contributed by atoms with Crippen LogP contribution in [0.5, 0.6) is 0 Å². The topological polar surface area (TPSA) is 64.7 Å². The minimum atomic E-state index is -4.39. The van der Waals surface area contributed by atoms with Gasteiger partial charge >= 0.3 is 6.18 Å². The average Bonchev–Trinajstić information content (AvgIpc) is 2.64. The number of rotatable bonds is 1. The van der Waals surface area contributed by atoms with Crippen LogP contribution in [-0.2, 0) is 6.18 Å². The first-order chi connectivity index (χ1) is 7.47. The van der Waals surface area contributed by atoms with Gasteiger partial charge in [0.05, 0.1) is 5.56 Å². The van der Waals surface area contributed by atoms with E-state index >= 15 is 0 Å². The molecule has 0 aromatic carbocycles. The molecule has 4 nitrogen and oxygen atoms in total. The molecule has 0 unspecified atom stereocenters. The Balaban J connectivity index is 2.44.